The minimum Gasteiger partial charge on any atom is -0.492 e. The quantitative estimate of drug-likeness (QED) is 0.659. The molecule has 0 saturated heterocycles. The number of carboxylic acid groups (broad SMARTS) is 1. The van der Waals surface area contributed by atoms with Crippen molar-refractivity contribution in [1.29, 1.82) is 0 Å². The average Bonchev–Trinajstić information content (AvgIpc) is 3.22. The number of hydrogen-bond acceptors (Lipinski definition) is 3. The van der Waals surface area contributed by atoms with E-state index in [0.717, 1.165) is 28.8 Å². The number of hydrogen-bond donors (Lipinski definition) is 1. The molecule has 0 amide bonds. The first-order valence-corrected chi connectivity index (χ1v) is 9.71. The van der Waals surface area contributed by atoms with Gasteiger partial charge in [-0.25, -0.2) is 4.79 Å². The average molecular weight is 427 g/mol. The van der Waals surface area contributed by atoms with Gasteiger partial charge < -0.3 is 14.4 Å². The van der Waals surface area contributed by atoms with Crippen molar-refractivity contribution in [3.63, 3.8) is 0 Å². The molecule has 0 fully saturated rings. The van der Waals surface area contributed by atoms with Gasteiger partial charge in [0.05, 0.1) is 17.9 Å². The maximum absolute atomic E-state index is 13.0. The Morgan fingerprint density at radius 3 is 2.45 bits per heavy atom. The van der Waals surface area contributed by atoms with E-state index in [9.17, 15) is 27.9 Å². The zero-order chi connectivity index (χ0) is 21.9. The lowest BCUT2D eigenvalue weighted by molar-refractivity contribution is -0.137. The Morgan fingerprint density at radius 1 is 1.03 bits per heavy atom. The van der Waals surface area contributed by atoms with E-state index >= 15 is 0 Å². The van der Waals surface area contributed by atoms with Crippen LogP contribution in [-0.4, -0.2) is 22.2 Å². The molecular weight excluding hydrogens is 411 g/mol. The molecule has 3 heterocycles. The second-order valence-electron chi connectivity index (χ2n) is 7.62. The number of fused-ring (bicyclic) bond motifs is 5. The van der Waals surface area contributed by atoms with E-state index in [1.54, 1.807) is 4.57 Å². The van der Waals surface area contributed by atoms with Crippen LogP contribution in [0.3, 0.4) is 0 Å². The number of alkyl halides is 3. The fourth-order valence-corrected chi connectivity index (χ4v) is 4.40. The summed E-state index contributed by atoms with van der Waals surface area (Å²) in [5.41, 5.74) is 3.03. The lowest BCUT2D eigenvalue weighted by Crippen LogP contribution is -2.22. The van der Waals surface area contributed by atoms with E-state index in [4.69, 9.17) is 4.74 Å². The van der Waals surface area contributed by atoms with E-state index in [1.807, 2.05) is 6.07 Å². The fraction of sp³-hybridized carbons (Fsp3) is 0.217. The van der Waals surface area contributed by atoms with Crippen LogP contribution in [0, 0.1) is 0 Å². The minimum atomic E-state index is -4.42. The minimum absolute atomic E-state index is 0.292. The summed E-state index contributed by atoms with van der Waals surface area (Å²) in [7, 11) is 0. The number of aromatic carboxylic acids is 1. The lowest BCUT2D eigenvalue weighted by atomic mass is 9.87. The Morgan fingerprint density at radius 2 is 1.77 bits per heavy atom. The largest absolute Gasteiger partial charge is 0.492 e. The summed E-state index contributed by atoms with van der Waals surface area (Å²) in [5.74, 6) is -0.615. The standard InChI is InChI=1S/C23H16F3NO4/c24-23(25,26)13-3-1-12(2-4-13)16-9-17-14(15-6-8-31-21(15)16)5-7-27-11-18(22(29)30)20(28)10-19(17)27/h1-4,9-11H,5-8H2,(H,29,30). The Hall–Kier alpha value is -3.55. The van der Waals surface area contributed by atoms with Crippen molar-refractivity contribution < 1.29 is 27.8 Å². The first kappa shape index (κ1) is 19.4. The molecule has 2 aliphatic rings. The summed E-state index contributed by atoms with van der Waals surface area (Å²) in [5, 5.41) is 9.25. The van der Waals surface area contributed by atoms with Gasteiger partial charge in [-0.3, -0.25) is 4.79 Å². The molecule has 158 valence electrons. The van der Waals surface area contributed by atoms with Crippen LogP contribution < -0.4 is 10.2 Å². The molecule has 8 heteroatoms. The summed E-state index contributed by atoms with van der Waals surface area (Å²) in [6, 6.07) is 8.04. The molecule has 1 N–H and O–H groups in total. The number of halogens is 3. The number of carboxylic acids is 1. The second-order valence-corrected chi connectivity index (χ2v) is 7.62. The van der Waals surface area contributed by atoms with Gasteiger partial charge in [-0.1, -0.05) is 12.1 Å². The van der Waals surface area contributed by atoms with Crippen LogP contribution in [0.4, 0.5) is 13.2 Å². The molecule has 2 aromatic carbocycles. The molecule has 0 unspecified atom stereocenters. The Labute approximate surface area is 174 Å². The predicted molar refractivity (Wildman–Crippen MR) is 106 cm³/mol. The molecule has 5 rings (SSSR count). The van der Waals surface area contributed by atoms with Crippen LogP contribution in [0.15, 0.2) is 47.4 Å². The highest BCUT2D eigenvalue weighted by Gasteiger charge is 2.31. The Kier molecular flexibility index (Phi) is 4.22. The van der Waals surface area contributed by atoms with E-state index in [-0.39, 0.29) is 5.56 Å². The van der Waals surface area contributed by atoms with Gasteiger partial charge in [0.15, 0.2) is 5.43 Å². The SMILES string of the molecule is O=C(O)c1cn2c(cc1=O)-c1cc(-c3ccc(C(F)(F)F)cc3)c3c(c1CC2)CCO3. The van der Waals surface area contributed by atoms with E-state index in [0.29, 0.717) is 48.6 Å². The maximum atomic E-state index is 13.0. The number of rotatable bonds is 2. The monoisotopic (exact) mass is 427 g/mol. The molecule has 0 atom stereocenters. The van der Waals surface area contributed by atoms with Crippen LogP contribution in [0.5, 0.6) is 5.75 Å². The van der Waals surface area contributed by atoms with Gasteiger partial charge in [-0.05, 0) is 35.7 Å². The highest BCUT2D eigenvalue weighted by Crippen LogP contribution is 2.45. The summed E-state index contributed by atoms with van der Waals surface area (Å²) >= 11 is 0. The molecule has 0 radical (unpaired) electrons. The van der Waals surface area contributed by atoms with Gasteiger partial charge in [0.25, 0.3) is 0 Å². The molecular formula is C23H16F3NO4. The van der Waals surface area contributed by atoms with E-state index < -0.39 is 23.1 Å². The van der Waals surface area contributed by atoms with Crippen LogP contribution in [0.2, 0.25) is 0 Å². The van der Waals surface area contributed by atoms with E-state index in [1.165, 1.54) is 24.4 Å². The van der Waals surface area contributed by atoms with Gasteiger partial charge in [0.2, 0.25) is 0 Å². The topological polar surface area (TPSA) is 68.5 Å². The number of benzene rings is 2. The number of carbonyl (C=O) groups is 1. The molecule has 31 heavy (non-hydrogen) atoms. The summed E-state index contributed by atoms with van der Waals surface area (Å²) in [6.07, 6.45) is -1.76. The molecule has 0 aliphatic carbocycles. The Bertz CT molecular complexity index is 1290. The third-order valence-corrected chi connectivity index (χ3v) is 5.86. The van der Waals surface area contributed by atoms with Crippen LogP contribution >= 0.6 is 0 Å². The first-order chi connectivity index (χ1) is 14.7. The van der Waals surface area contributed by atoms with Gasteiger partial charge >= 0.3 is 12.1 Å². The first-order valence-electron chi connectivity index (χ1n) is 9.71. The van der Waals surface area contributed by atoms with Crippen LogP contribution in [0.25, 0.3) is 22.4 Å². The van der Waals surface area contributed by atoms with Gasteiger partial charge in [-0.15, -0.1) is 0 Å². The number of ether oxygens (including phenoxy) is 1. The molecule has 2 aliphatic heterocycles. The second kappa shape index (κ2) is 6.73. The zero-order valence-electron chi connectivity index (χ0n) is 16.1. The van der Waals surface area contributed by atoms with E-state index in [2.05, 4.69) is 0 Å². The van der Waals surface area contributed by atoms with Gasteiger partial charge in [0.1, 0.15) is 11.3 Å². The van der Waals surface area contributed by atoms with Crippen molar-refractivity contribution in [3.05, 3.63) is 75.1 Å². The Balaban J connectivity index is 1.71. The summed E-state index contributed by atoms with van der Waals surface area (Å²) in [4.78, 5) is 23.7. The molecule has 0 bridgehead atoms. The van der Waals surface area contributed by atoms with Crippen molar-refractivity contribution in [2.24, 2.45) is 0 Å². The molecule has 0 saturated carbocycles. The number of aryl methyl sites for hydroxylation is 1. The van der Waals surface area contributed by atoms with Gasteiger partial charge in [0, 0.05) is 41.9 Å². The van der Waals surface area contributed by atoms with Crippen molar-refractivity contribution >= 4 is 5.97 Å². The molecule has 5 nitrogen and oxygen atoms in total. The summed E-state index contributed by atoms with van der Waals surface area (Å²) < 4.78 is 46.5. The highest BCUT2D eigenvalue weighted by molar-refractivity contribution is 5.88. The third kappa shape index (κ3) is 3.10. The summed E-state index contributed by atoms with van der Waals surface area (Å²) in [6.45, 7) is 0.999. The number of aromatic nitrogens is 1. The molecule has 3 aromatic rings. The van der Waals surface area contributed by atoms with Crippen molar-refractivity contribution in [3.8, 4) is 28.1 Å². The normalized spacial score (nSPS) is 14.4. The molecule has 0 spiro atoms. The van der Waals surface area contributed by atoms with Crippen molar-refractivity contribution in [1.82, 2.24) is 4.57 Å². The molecule has 1 aromatic heterocycles. The van der Waals surface area contributed by atoms with Crippen LogP contribution in [-0.2, 0) is 25.6 Å². The number of nitrogens with zero attached hydrogens (tertiary/aromatic N) is 1. The smallest absolute Gasteiger partial charge is 0.416 e. The number of pyridine rings is 1. The predicted octanol–water partition coefficient (Wildman–Crippen LogP) is 4.39. The van der Waals surface area contributed by atoms with Crippen molar-refractivity contribution in [2.75, 3.05) is 6.61 Å². The van der Waals surface area contributed by atoms with Crippen LogP contribution in [0.1, 0.15) is 27.0 Å². The highest BCUT2D eigenvalue weighted by atomic mass is 19.4. The lowest BCUT2D eigenvalue weighted by Gasteiger charge is -2.25. The van der Waals surface area contributed by atoms with Crippen molar-refractivity contribution in [2.45, 2.75) is 25.6 Å². The maximum Gasteiger partial charge on any atom is 0.416 e. The third-order valence-electron chi connectivity index (χ3n) is 5.86. The van der Waals surface area contributed by atoms with Gasteiger partial charge in [-0.2, -0.15) is 13.2 Å². The zero-order valence-corrected chi connectivity index (χ0v) is 16.1. The fourth-order valence-electron chi connectivity index (χ4n) is 4.40.